The fourth-order valence-electron chi connectivity index (χ4n) is 1.86. The van der Waals surface area contributed by atoms with Gasteiger partial charge in [0.2, 0.25) is 0 Å². The summed E-state index contributed by atoms with van der Waals surface area (Å²) in [5, 5.41) is 14.1. The highest BCUT2D eigenvalue weighted by molar-refractivity contribution is 9.10. The zero-order chi connectivity index (χ0) is 15.3. The van der Waals surface area contributed by atoms with E-state index < -0.39 is 5.97 Å². The molecule has 110 valence electrons. The summed E-state index contributed by atoms with van der Waals surface area (Å²) in [6.45, 7) is 5.68. The summed E-state index contributed by atoms with van der Waals surface area (Å²) in [6, 6.07) is 3.37. The summed E-state index contributed by atoms with van der Waals surface area (Å²) in [4.78, 5) is 22.3. The minimum Gasteiger partial charge on any atom is -0.481 e. The van der Waals surface area contributed by atoms with Crippen molar-refractivity contribution >= 4 is 33.6 Å². The Morgan fingerprint density at radius 3 is 2.55 bits per heavy atom. The Kier molecular flexibility index (Phi) is 6.01. The van der Waals surface area contributed by atoms with E-state index in [0.29, 0.717) is 6.42 Å². The van der Waals surface area contributed by atoms with Crippen LogP contribution < -0.4 is 10.6 Å². The van der Waals surface area contributed by atoms with Crippen molar-refractivity contribution in [3.05, 3.63) is 27.7 Å². The second kappa shape index (κ2) is 7.28. The molecule has 3 N–H and O–H groups in total. The first-order valence-corrected chi connectivity index (χ1v) is 7.15. The minimum atomic E-state index is -0.865. The van der Waals surface area contributed by atoms with Crippen LogP contribution in [0.4, 0.5) is 10.5 Å². The normalized spacial score (nSPS) is 11.8. The summed E-state index contributed by atoms with van der Waals surface area (Å²) < 4.78 is 0.823. The van der Waals surface area contributed by atoms with Crippen LogP contribution in [0.2, 0.25) is 0 Å². The van der Waals surface area contributed by atoms with Crippen LogP contribution in [0.25, 0.3) is 0 Å². The number of hydrogen-bond donors (Lipinski definition) is 3. The lowest BCUT2D eigenvalue weighted by Gasteiger charge is -2.16. The van der Waals surface area contributed by atoms with E-state index in [1.165, 1.54) is 0 Å². The van der Waals surface area contributed by atoms with Crippen LogP contribution in [0.3, 0.4) is 0 Å². The summed E-state index contributed by atoms with van der Waals surface area (Å²) in [7, 11) is 0. The monoisotopic (exact) mass is 342 g/mol. The van der Waals surface area contributed by atoms with Crippen LogP contribution in [-0.2, 0) is 4.79 Å². The molecule has 0 radical (unpaired) electrons. The predicted molar refractivity (Wildman–Crippen MR) is 82.1 cm³/mol. The molecule has 1 unspecified atom stereocenters. The van der Waals surface area contributed by atoms with Gasteiger partial charge in [0, 0.05) is 16.9 Å². The maximum absolute atomic E-state index is 11.9. The van der Waals surface area contributed by atoms with Gasteiger partial charge >= 0.3 is 12.0 Å². The third-order valence-corrected chi connectivity index (χ3v) is 3.46. The van der Waals surface area contributed by atoms with Crippen molar-refractivity contribution in [2.45, 2.75) is 39.7 Å². The Labute approximate surface area is 126 Å². The first-order chi connectivity index (χ1) is 9.29. The number of benzene rings is 1. The van der Waals surface area contributed by atoms with Crippen molar-refractivity contribution in [2.75, 3.05) is 5.32 Å². The van der Waals surface area contributed by atoms with Gasteiger partial charge in [-0.3, -0.25) is 4.79 Å². The molecule has 0 heterocycles. The van der Waals surface area contributed by atoms with Crippen LogP contribution in [0.15, 0.2) is 16.6 Å². The summed E-state index contributed by atoms with van der Waals surface area (Å²) in [5.41, 5.74) is 2.79. The number of halogens is 1. The van der Waals surface area contributed by atoms with Crippen LogP contribution in [0, 0.1) is 13.8 Å². The summed E-state index contributed by atoms with van der Waals surface area (Å²) >= 11 is 3.42. The lowest BCUT2D eigenvalue weighted by atomic mass is 10.1. The van der Waals surface area contributed by atoms with Crippen molar-refractivity contribution in [1.29, 1.82) is 0 Å². The van der Waals surface area contributed by atoms with Gasteiger partial charge < -0.3 is 15.7 Å². The molecule has 1 rings (SSSR count). The SMILES string of the molecule is Cc1cc(C)c(NC(=O)NC(C)CCC(=O)O)c(Br)c1. The quantitative estimate of drug-likeness (QED) is 0.766. The Morgan fingerprint density at radius 2 is 2.00 bits per heavy atom. The van der Waals surface area contributed by atoms with Gasteiger partial charge in [0.25, 0.3) is 0 Å². The Hall–Kier alpha value is -1.56. The zero-order valence-electron chi connectivity index (χ0n) is 11.8. The van der Waals surface area contributed by atoms with Crippen molar-refractivity contribution < 1.29 is 14.7 Å². The summed E-state index contributed by atoms with van der Waals surface area (Å²) in [5.74, 6) is -0.865. The smallest absolute Gasteiger partial charge is 0.319 e. The number of carboxylic acid groups (broad SMARTS) is 1. The van der Waals surface area contributed by atoms with E-state index >= 15 is 0 Å². The largest absolute Gasteiger partial charge is 0.481 e. The fraction of sp³-hybridized carbons (Fsp3) is 0.429. The van der Waals surface area contributed by atoms with Crippen molar-refractivity contribution in [3.8, 4) is 0 Å². The van der Waals surface area contributed by atoms with Gasteiger partial charge in [-0.15, -0.1) is 0 Å². The molecule has 20 heavy (non-hydrogen) atoms. The Bertz CT molecular complexity index is 494. The average molecular weight is 343 g/mol. The molecular weight excluding hydrogens is 324 g/mol. The number of carbonyl (C=O) groups is 2. The van der Waals surface area contributed by atoms with Crippen LogP contribution in [-0.4, -0.2) is 23.1 Å². The molecule has 1 aromatic carbocycles. The highest BCUT2D eigenvalue weighted by atomic mass is 79.9. The molecule has 0 aliphatic rings. The lowest BCUT2D eigenvalue weighted by Crippen LogP contribution is -2.36. The van der Waals surface area contributed by atoms with Gasteiger partial charge in [0.15, 0.2) is 0 Å². The number of amides is 2. The number of anilines is 1. The maximum atomic E-state index is 11.9. The van der Waals surface area contributed by atoms with E-state index in [1.54, 1.807) is 6.92 Å². The van der Waals surface area contributed by atoms with Gasteiger partial charge in [-0.1, -0.05) is 6.07 Å². The number of carboxylic acids is 1. The van der Waals surface area contributed by atoms with Gasteiger partial charge in [-0.25, -0.2) is 4.79 Å². The second-order valence-electron chi connectivity index (χ2n) is 4.87. The number of aryl methyl sites for hydroxylation is 2. The van der Waals surface area contributed by atoms with Crippen molar-refractivity contribution in [2.24, 2.45) is 0 Å². The van der Waals surface area contributed by atoms with E-state index in [0.717, 1.165) is 21.3 Å². The Balaban J connectivity index is 2.61. The lowest BCUT2D eigenvalue weighted by molar-refractivity contribution is -0.137. The van der Waals surface area contributed by atoms with E-state index in [4.69, 9.17) is 5.11 Å². The first kappa shape index (κ1) is 16.5. The molecule has 0 aliphatic carbocycles. The van der Waals surface area contributed by atoms with Crippen molar-refractivity contribution in [1.82, 2.24) is 5.32 Å². The molecule has 0 fully saturated rings. The van der Waals surface area contributed by atoms with Crippen LogP contribution in [0.1, 0.15) is 30.9 Å². The predicted octanol–water partition coefficient (Wildman–Crippen LogP) is 3.44. The molecule has 0 spiro atoms. The molecule has 2 amide bonds. The Morgan fingerprint density at radius 1 is 1.35 bits per heavy atom. The average Bonchev–Trinajstić information content (AvgIpc) is 2.31. The molecule has 0 aliphatic heterocycles. The topological polar surface area (TPSA) is 78.4 Å². The van der Waals surface area contributed by atoms with E-state index in [-0.39, 0.29) is 18.5 Å². The van der Waals surface area contributed by atoms with Gasteiger partial charge in [-0.05, 0) is 60.3 Å². The molecule has 6 heteroatoms. The zero-order valence-corrected chi connectivity index (χ0v) is 13.4. The minimum absolute atomic E-state index is 0.0364. The van der Waals surface area contributed by atoms with Crippen LogP contribution >= 0.6 is 15.9 Å². The van der Waals surface area contributed by atoms with Crippen molar-refractivity contribution in [3.63, 3.8) is 0 Å². The van der Waals surface area contributed by atoms with Crippen LogP contribution in [0.5, 0.6) is 0 Å². The standard InChI is InChI=1S/C14H19BrN2O3/c1-8-6-9(2)13(11(15)7-8)17-14(20)16-10(3)4-5-12(18)19/h6-7,10H,4-5H2,1-3H3,(H,18,19)(H2,16,17,20). The number of nitrogens with one attached hydrogen (secondary N) is 2. The van der Waals surface area contributed by atoms with E-state index in [1.807, 2.05) is 26.0 Å². The first-order valence-electron chi connectivity index (χ1n) is 6.35. The number of carbonyl (C=O) groups excluding carboxylic acids is 1. The molecule has 5 nitrogen and oxygen atoms in total. The molecule has 0 saturated heterocycles. The number of aliphatic carboxylic acids is 1. The fourth-order valence-corrected chi connectivity index (χ4v) is 2.63. The third-order valence-electron chi connectivity index (χ3n) is 2.84. The second-order valence-corrected chi connectivity index (χ2v) is 5.72. The highest BCUT2D eigenvalue weighted by Gasteiger charge is 2.12. The van der Waals surface area contributed by atoms with E-state index in [9.17, 15) is 9.59 Å². The molecule has 0 aromatic heterocycles. The molecule has 0 bridgehead atoms. The number of urea groups is 1. The maximum Gasteiger partial charge on any atom is 0.319 e. The summed E-state index contributed by atoms with van der Waals surface area (Å²) in [6.07, 6.45) is 0.436. The molecule has 1 aromatic rings. The molecule has 0 saturated carbocycles. The number of hydrogen-bond acceptors (Lipinski definition) is 2. The van der Waals surface area contributed by atoms with Gasteiger partial charge in [0.05, 0.1) is 5.69 Å². The third kappa shape index (κ3) is 5.21. The number of rotatable bonds is 5. The van der Waals surface area contributed by atoms with Gasteiger partial charge in [0.1, 0.15) is 0 Å². The highest BCUT2D eigenvalue weighted by Crippen LogP contribution is 2.27. The van der Waals surface area contributed by atoms with E-state index in [2.05, 4.69) is 26.6 Å². The van der Waals surface area contributed by atoms with Gasteiger partial charge in [-0.2, -0.15) is 0 Å². The molecule has 1 atom stereocenters. The molecular formula is C14H19BrN2O3.